The van der Waals surface area contributed by atoms with Gasteiger partial charge in [0.25, 0.3) is 5.56 Å². The minimum absolute atomic E-state index is 0.000405. The molecule has 0 saturated heterocycles. The van der Waals surface area contributed by atoms with E-state index < -0.39 is 23.0 Å². The zero-order valence-electron chi connectivity index (χ0n) is 83.1. The van der Waals surface area contributed by atoms with Crippen molar-refractivity contribution in [3.63, 3.8) is 0 Å². The van der Waals surface area contributed by atoms with Crippen LogP contribution in [-0.2, 0) is 5.33 Å². The maximum Gasteiger partial charge on any atom is 0.326 e. The summed E-state index contributed by atoms with van der Waals surface area (Å²) < 4.78 is 31.1. The summed E-state index contributed by atoms with van der Waals surface area (Å²) in [5.74, 6) is -0.0797. The first-order valence-corrected chi connectivity index (χ1v) is 45.3. The van der Waals surface area contributed by atoms with Gasteiger partial charge in [0.05, 0.1) is 96.0 Å². The number of nitrogens with one attached hydrogen (secondary N) is 2. The molecule has 4 N–H and O–H groups in total. The average molecular weight is 1950 g/mol. The Hall–Kier alpha value is -16.0. The van der Waals surface area contributed by atoms with Gasteiger partial charge in [0.2, 0.25) is 29.2 Å². The Morgan fingerprint density at radius 1 is 0.417 bits per heavy atom. The van der Waals surface area contributed by atoms with Crippen molar-refractivity contribution in [1.29, 1.82) is 31.6 Å². The fourth-order valence-electron chi connectivity index (χ4n) is 14.2. The largest absolute Gasteiger partial charge is 0.481 e. The van der Waals surface area contributed by atoms with Gasteiger partial charge in [-0.15, -0.1) is 0 Å². The number of methoxy groups -OCH3 is 6. The predicted octanol–water partition coefficient (Wildman–Crippen LogP) is 23.7. The molecule has 0 aliphatic rings. The summed E-state index contributed by atoms with van der Waals surface area (Å²) in [6, 6.07) is 53.4. The van der Waals surface area contributed by atoms with Crippen LogP contribution in [0.3, 0.4) is 0 Å². The van der Waals surface area contributed by atoms with E-state index in [2.05, 4.69) is 138 Å². The number of carbonyl (C=O) groups excluding carboxylic acids is 3. The smallest absolute Gasteiger partial charge is 0.326 e. The number of aromatic nitrogens is 8. The topological polar surface area (TPSA) is 418 Å². The maximum absolute atomic E-state index is 13.2. The number of hydrogen-bond donors (Lipinski definition) is 3. The van der Waals surface area contributed by atoms with Crippen LogP contribution in [0.25, 0.3) is 42.2 Å². The van der Waals surface area contributed by atoms with Gasteiger partial charge in [-0.2, -0.15) is 61.5 Å². The summed E-state index contributed by atoms with van der Waals surface area (Å²) in [7, 11) is 8.99. The number of H-pyrrole nitrogens is 2. The molecule has 4 aromatic heterocycles. The lowest BCUT2D eigenvalue weighted by atomic mass is 9.88. The Kier molecular flexibility index (Phi) is 48.9. The highest BCUT2D eigenvalue weighted by Crippen LogP contribution is 2.38. The summed E-state index contributed by atoms with van der Waals surface area (Å²) in [6.07, 6.45) is 20.6. The van der Waals surface area contributed by atoms with Crippen LogP contribution in [0.5, 0.6) is 35.7 Å². The van der Waals surface area contributed by atoms with E-state index in [4.69, 9.17) is 72.1 Å². The quantitative estimate of drug-likeness (QED) is 0.0157. The summed E-state index contributed by atoms with van der Waals surface area (Å²) >= 11 is 9.38. The second kappa shape index (κ2) is 59.0. The zero-order valence-corrected chi connectivity index (χ0v) is 85.5. The number of aromatic amines is 2. The van der Waals surface area contributed by atoms with Crippen molar-refractivity contribution in [3.05, 3.63) is 353 Å². The Bertz CT molecular complexity index is 6720. The number of ether oxygens (including phenoxy) is 6. The van der Waals surface area contributed by atoms with Crippen molar-refractivity contribution in [2.45, 2.75) is 160 Å². The highest BCUT2D eigenvalue weighted by atomic mass is 79.9. The molecule has 11 aromatic rings. The second-order valence-corrected chi connectivity index (χ2v) is 33.6. The predicted molar refractivity (Wildman–Crippen MR) is 556 cm³/mol. The number of aldehydes is 1. The van der Waals surface area contributed by atoms with Crippen molar-refractivity contribution >= 4 is 87.5 Å². The van der Waals surface area contributed by atoms with Crippen LogP contribution in [0.2, 0.25) is 5.15 Å². The average Bonchev–Trinajstić information content (AvgIpc) is 0.773. The zero-order chi connectivity index (χ0) is 104. The molecule has 4 heterocycles. The van der Waals surface area contributed by atoms with Gasteiger partial charge in [0, 0.05) is 74.8 Å². The summed E-state index contributed by atoms with van der Waals surface area (Å²) in [5, 5.41) is 54.1. The minimum atomic E-state index is -0.718. The molecule has 0 aliphatic heterocycles. The van der Waals surface area contributed by atoms with E-state index in [1.807, 2.05) is 193 Å². The Labute approximate surface area is 829 Å². The molecule has 0 aliphatic carbocycles. The van der Waals surface area contributed by atoms with Crippen molar-refractivity contribution < 1.29 is 42.8 Å². The van der Waals surface area contributed by atoms with Crippen molar-refractivity contribution in [2.24, 2.45) is 5.73 Å². The van der Waals surface area contributed by atoms with Crippen LogP contribution >= 0.6 is 27.5 Å². The fourth-order valence-corrected chi connectivity index (χ4v) is 14.8. The number of aryl methyl sites for hydroxylation is 9. The van der Waals surface area contributed by atoms with Gasteiger partial charge < -0.3 is 39.1 Å². The van der Waals surface area contributed by atoms with Crippen molar-refractivity contribution in [2.75, 3.05) is 42.7 Å². The lowest BCUT2D eigenvalue weighted by Crippen LogP contribution is -2.30. The standard InChI is InChI=1S/C21H22N4O2.C20H21N3O3.C18H17N3O3.C12H12N2.C11H10BrN.C11H14.C9H13ClN2O2.C9H10O/c1-13(2)18-19(24-21(27-5)25-20(18)26-4)17(12-23)16-10-14(3)9-15(11-16)7-6-8-22;1-12(2)16-17(22-20(26-5)23-19(16)25-4)18(24)15-10-13(3)9-14(11-15)7-6-8-21;1-10(2)14-15(20-18(24)21-17(14)23)16(22)13-8-11(3)7-12(9-13)5-4-6-19;1-9-6-11(4-3-5-13)8-12(7-9)10(2)14;1-9-5-10(3-2-4-13)7-11(6-9)8-12;1-4-5-11-7-9(2)6-10(3)8-11;1-5(2)6-7(10)11-9(14-4)12-8(6)13-3;1-7-3-8(2)5-9(4-7)6-10/h6-7,9-11,13,17H,1-5H3;6-7,9-12H,1-5H3;4-5,7-10H,1-3H3,(H2,20,21,23,24);3-4,6-8H,2,14H2,1H3;2-3,5-7H,8H2,1H3;4-8H,1-3H3;5H,1-4H3;3-6H,1-2H3/b2*7-6+;5-4+;4-3+;3-2+;5-4+;;. The Morgan fingerprint density at radius 3 is 1.14 bits per heavy atom. The monoisotopic (exact) mass is 1950 g/mol. The lowest BCUT2D eigenvalue weighted by molar-refractivity contribution is 0.102. The van der Waals surface area contributed by atoms with Crippen LogP contribution in [0.1, 0.15) is 262 Å². The fraction of sp³-hybridized carbons (Fsp3) is 0.270. The number of halogens is 2. The van der Waals surface area contributed by atoms with Gasteiger partial charge in [-0.05, 0) is 245 Å². The van der Waals surface area contributed by atoms with Crippen molar-refractivity contribution in [1.82, 2.24) is 39.9 Å². The molecule has 0 bridgehead atoms. The van der Waals surface area contributed by atoms with Gasteiger partial charge in [-0.3, -0.25) is 24.2 Å². The van der Waals surface area contributed by atoms with E-state index in [1.54, 1.807) is 69.5 Å². The molecule has 139 heavy (non-hydrogen) atoms. The number of nitrogens with zero attached hydrogens (tertiary/aromatic N) is 12. The van der Waals surface area contributed by atoms with Crippen LogP contribution in [-0.4, -0.2) is 100 Å². The number of carbonyl (C=O) groups is 3. The number of nitriles is 6. The van der Waals surface area contributed by atoms with Crippen LogP contribution < -0.4 is 45.4 Å². The van der Waals surface area contributed by atoms with Gasteiger partial charge in [-0.1, -0.05) is 208 Å². The summed E-state index contributed by atoms with van der Waals surface area (Å²) in [4.78, 5) is 89.8. The Morgan fingerprint density at radius 2 is 0.763 bits per heavy atom. The molecule has 0 amide bonds. The minimum Gasteiger partial charge on any atom is -0.481 e. The number of hydrogen-bond acceptors (Lipinski definition) is 24. The second-order valence-electron chi connectivity index (χ2n) is 32.7. The van der Waals surface area contributed by atoms with Gasteiger partial charge in [-0.25, -0.2) is 4.79 Å². The molecule has 26 nitrogen and oxygen atoms in total. The van der Waals surface area contributed by atoms with Crippen LogP contribution in [0, 0.1) is 130 Å². The maximum atomic E-state index is 13.2. The normalized spacial score (nSPS) is 10.8. The molecule has 7 aromatic carbocycles. The molecule has 0 radical (unpaired) electrons. The van der Waals surface area contributed by atoms with Gasteiger partial charge in [0.15, 0.2) is 0 Å². The van der Waals surface area contributed by atoms with E-state index in [9.17, 15) is 29.2 Å². The molecule has 1 unspecified atom stereocenters. The lowest BCUT2D eigenvalue weighted by Gasteiger charge is -2.20. The molecule has 28 heteroatoms. The molecule has 718 valence electrons. The van der Waals surface area contributed by atoms with Gasteiger partial charge in [0.1, 0.15) is 23.1 Å². The summed E-state index contributed by atoms with van der Waals surface area (Å²) in [5.41, 5.74) is 28.3. The van der Waals surface area contributed by atoms with E-state index >= 15 is 0 Å². The number of ketones is 2. The van der Waals surface area contributed by atoms with Crippen LogP contribution in [0.15, 0.2) is 180 Å². The third-order valence-electron chi connectivity index (χ3n) is 19.6. The first-order valence-electron chi connectivity index (χ1n) is 43.8. The highest BCUT2D eigenvalue weighted by molar-refractivity contribution is 9.08. The first kappa shape index (κ1) is 115. The SMILES string of the molecule is C/C=C/c1cc(C)cc(C)c1.C=C(N)c1cc(C)cc(/C=C/C#N)c1.COc1nc(Cl)c(C(C)C)c(OC)n1.COc1nc(OC)c(C(C)C)c(C(=O)c2cc(C)cc(/C=C/C#N)c2)n1.COc1nc(OC)c(C(C)C)c(C(C#N)c2cc(C)cc(/C=C/C#N)c2)n1.Cc1cc(/C=C/C#N)cc(C(=O)c2[nH]c(=O)[nH]c(=O)c2C(C)C)c1.Cc1cc(/C=C/C#N)cc(CBr)c1.Cc1cc(C)cc(C=O)c1. The molecule has 0 spiro atoms. The van der Waals surface area contributed by atoms with E-state index in [0.717, 1.165) is 95.1 Å². The number of benzene rings is 7. The van der Waals surface area contributed by atoms with Crippen molar-refractivity contribution in [3.8, 4) is 72.1 Å². The molecule has 11 rings (SSSR count). The Balaban J connectivity index is 0.000000340. The molecular weight excluding hydrogens is 1830 g/mol. The number of nitrogens with two attached hydrogens (primary N) is 1. The van der Waals surface area contributed by atoms with E-state index in [0.29, 0.717) is 56.4 Å². The third kappa shape index (κ3) is 37.3. The first-order chi connectivity index (χ1) is 66.1. The number of rotatable bonds is 25. The molecule has 0 fully saturated rings. The molecule has 0 saturated carbocycles. The summed E-state index contributed by atoms with van der Waals surface area (Å²) in [6.45, 7) is 39.1. The highest BCUT2D eigenvalue weighted by Gasteiger charge is 2.29. The molecular formula is C111H119BrClN15O11. The number of allylic oxidation sites excluding steroid dienone is 6. The third-order valence-corrected chi connectivity index (χ3v) is 20.5. The van der Waals surface area contributed by atoms with Gasteiger partial charge >= 0.3 is 23.7 Å². The van der Waals surface area contributed by atoms with Crippen LogP contribution in [0.4, 0.5) is 0 Å². The van der Waals surface area contributed by atoms with E-state index in [1.165, 1.54) is 93.7 Å². The molecule has 1 atom stereocenters. The van der Waals surface area contributed by atoms with E-state index in [-0.39, 0.29) is 64.4 Å². The number of alkyl halides is 1.